The lowest BCUT2D eigenvalue weighted by atomic mass is 9.36. The summed E-state index contributed by atoms with van der Waals surface area (Å²) in [6.07, 6.45) is 3.78. The number of benzene rings is 7. The Morgan fingerprint density at radius 2 is 1.02 bits per heavy atom. The van der Waals surface area contributed by atoms with Crippen LogP contribution in [0.1, 0.15) is 0 Å². The SMILES string of the molecule is c1ccc2c(c1)Sc1cccc3c1B2c1ccccc1[Si]31c2ccccc2B(c2ccc3c4ccccc4n(-c4ccncc4)c3c2)c2ccccc21. The molecule has 0 atom stereocenters. The monoisotopic (exact) mass is 704 g/mol. The van der Waals surface area contributed by atoms with Crippen LogP contribution in [0.2, 0.25) is 0 Å². The third kappa shape index (κ3) is 3.89. The molecule has 244 valence electrons. The highest BCUT2D eigenvalue weighted by Crippen LogP contribution is 2.33. The zero-order valence-corrected chi connectivity index (χ0v) is 30.6. The lowest BCUT2D eigenvalue weighted by Crippen LogP contribution is -2.93. The first kappa shape index (κ1) is 29.7. The Morgan fingerprint density at radius 1 is 0.453 bits per heavy atom. The Hall–Kier alpha value is -5.81. The molecule has 0 unspecified atom stereocenters. The van der Waals surface area contributed by atoms with Crippen LogP contribution in [0.4, 0.5) is 0 Å². The molecule has 0 saturated carbocycles. The van der Waals surface area contributed by atoms with Crippen molar-refractivity contribution < 1.29 is 0 Å². The number of hydrogen-bond acceptors (Lipinski definition) is 2. The molecule has 6 heteroatoms. The van der Waals surface area contributed by atoms with Crippen molar-refractivity contribution in [2.45, 2.75) is 9.79 Å². The van der Waals surface area contributed by atoms with E-state index >= 15 is 0 Å². The Bertz CT molecular complexity index is 2930. The summed E-state index contributed by atoms with van der Waals surface area (Å²) in [4.78, 5) is 7.13. The van der Waals surface area contributed by atoms with Crippen molar-refractivity contribution in [3.63, 3.8) is 0 Å². The van der Waals surface area contributed by atoms with Gasteiger partial charge in [0.1, 0.15) is 0 Å². The first-order valence-electron chi connectivity index (χ1n) is 18.4. The van der Waals surface area contributed by atoms with Crippen LogP contribution in [0.25, 0.3) is 27.5 Å². The summed E-state index contributed by atoms with van der Waals surface area (Å²) in [6, 6.07) is 64.9. The highest BCUT2D eigenvalue weighted by Gasteiger charge is 2.56. The number of rotatable bonds is 2. The molecule has 0 radical (unpaired) electrons. The molecule has 0 N–H and O–H groups in total. The van der Waals surface area contributed by atoms with Gasteiger partial charge < -0.3 is 4.57 Å². The number of pyridine rings is 1. The number of hydrogen-bond donors (Lipinski definition) is 0. The van der Waals surface area contributed by atoms with Gasteiger partial charge in [-0.25, -0.2) is 0 Å². The van der Waals surface area contributed by atoms with Crippen LogP contribution in [-0.4, -0.2) is 31.1 Å². The molecule has 1 spiro atoms. The fraction of sp³-hybridized carbons (Fsp3) is 0. The van der Waals surface area contributed by atoms with Crippen molar-refractivity contribution >= 4 is 109 Å². The summed E-state index contributed by atoms with van der Waals surface area (Å²) in [5.41, 5.74) is 12.2. The highest BCUT2D eigenvalue weighted by molar-refractivity contribution is 8.00. The summed E-state index contributed by atoms with van der Waals surface area (Å²) >= 11 is 1.95. The summed E-state index contributed by atoms with van der Waals surface area (Å²) < 4.78 is 2.41. The first-order chi connectivity index (χ1) is 26.3. The van der Waals surface area contributed by atoms with Gasteiger partial charge in [-0.3, -0.25) is 4.98 Å². The van der Waals surface area contributed by atoms with Crippen molar-refractivity contribution in [1.82, 2.24) is 9.55 Å². The zero-order valence-electron chi connectivity index (χ0n) is 28.8. The number of para-hydroxylation sites is 1. The van der Waals surface area contributed by atoms with Crippen molar-refractivity contribution in [1.29, 1.82) is 0 Å². The minimum atomic E-state index is -2.77. The smallest absolute Gasteiger partial charge is 0.243 e. The molecule has 0 aliphatic carbocycles. The number of nitrogens with zero attached hydrogens (tertiary/aromatic N) is 2. The Labute approximate surface area is 314 Å². The van der Waals surface area contributed by atoms with Crippen LogP contribution in [-0.2, 0) is 0 Å². The first-order valence-corrected chi connectivity index (χ1v) is 21.3. The minimum Gasteiger partial charge on any atom is -0.309 e. The Morgan fingerprint density at radius 3 is 1.75 bits per heavy atom. The third-order valence-electron chi connectivity index (χ3n) is 12.2. The fourth-order valence-electron chi connectivity index (χ4n) is 10.3. The molecule has 3 aliphatic rings. The van der Waals surface area contributed by atoms with Crippen LogP contribution < -0.4 is 53.5 Å². The molecule has 5 heterocycles. The number of fused-ring (bicyclic) bond motifs is 13. The van der Waals surface area contributed by atoms with E-state index in [0.717, 1.165) is 5.69 Å². The van der Waals surface area contributed by atoms with E-state index in [-0.39, 0.29) is 13.4 Å². The van der Waals surface area contributed by atoms with Gasteiger partial charge in [-0.15, -0.1) is 0 Å². The molecule has 7 aromatic carbocycles. The average Bonchev–Trinajstić information content (AvgIpc) is 3.56. The van der Waals surface area contributed by atoms with E-state index in [1.54, 1.807) is 5.19 Å². The van der Waals surface area contributed by atoms with Gasteiger partial charge in [-0.1, -0.05) is 178 Å². The predicted molar refractivity (Wildman–Crippen MR) is 229 cm³/mol. The van der Waals surface area contributed by atoms with Crippen LogP contribution in [0.3, 0.4) is 0 Å². The maximum absolute atomic E-state index is 4.35. The van der Waals surface area contributed by atoms with E-state index in [1.807, 2.05) is 24.2 Å². The van der Waals surface area contributed by atoms with Crippen LogP contribution >= 0.6 is 11.8 Å². The highest BCUT2D eigenvalue weighted by atomic mass is 32.2. The molecule has 0 saturated heterocycles. The summed E-state index contributed by atoms with van der Waals surface area (Å²) in [7, 11) is -2.77. The minimum absolute atomic E-state index is 0.0911. The van der Waals surface area contributed by atoms with Gasteiger partial charge in [0.15, 0.2) is 8.07 Å². The van der Waals surface area contributed by atoms with Crippen molar-refractivity contribution in [2.24, 2.45) is 0 Å². The molecular weight excluding hydrogens is 674 g/mol. The number of aromatic nitrogens is 2. The van der Waals surface area contributed by atoms with E-state index in [2.05, 4.69) is 179 Å². The van der Waals surface area contributed by atoms with Gasteiger partial charge in [0.2, 0.25) is 13.4 Å². The van der Waals surface area contributed by atoms with Crippen molar-refractivity contribution in [3.05, 3.63) is 182 Å². The Balaban J connectivity index is 1.16. The quantitative estimate of drug-likeness (QED) is 0.256. The van der Waals surface area contributed by atoms with Crippen LogP contribution in [0.5, 0.6) is 0 Å². The van der Waals surface area contributed by atoms with Crippen molar-refractivity contribution in [2.75, 3.05) is 0 Å². The van der Waals surface area contributed by atoms with E-state index < -0.39 is 8.07 Å². The second-order valence-corrected chi connectivity index (χ2v) is 19.3. The van der Waals surface area contributed by atoms with Crippen LogP contribution in [0.15, 0.2) is 192 Å². The fourth-order valence-corrected chi connectivity index (χ4v) is 17.3. The van der Waals surface area contributed by atoms with Gasteiger partial charge in [0, 0.05) is 38.6 Å². The molecule has 12 rings (SSSR count). The molecule has 3 aliphatic heterocycles. The maximum atomic E-state index is 4.35. The second kappa shape index (κ2) is 11.1. The predicted octanol–water partition coefficient (Wildman–Crippen LogP) is 3.68. The van der Waals surface area contributed by atoms with E-state index in [0.29, 0.717) is 0 Å². The van der Waals surface area contributed by atoms with Gasteiger partial charge in [0.25, 0.3) is 0 Å². The normalized spacial score (nSPS) is 14.4. The largest absolute Gasteiger partial charge is 0.309 e. The third-order valence-corrected chi connectivity index (χ3v) is 18.4. The van der Waals surface area contributed by atoms with Crippen LogP contribution in [0, 0.1) is 0 Å². The van der Waals surface area contributed by atoms with Gasteiger partial charge >= 0.3 is 0 Å². The Kier molecular flexibility index (Phi) is 6.22. The standard InChI is InChI=1S/C47H30B2N2SSi/c1-6-17-39-33(12-1)34-25-24-31(30-40(34)51(39)32-26-28-50-29-27-32)48-36-14-3-8-20-43(36)53(44-21-9-4-15-37(44)48)45-22-10-5-16-38(45)49-35-13-2-7-18-41(35)52-42-19-11-23-46(53)47(42)49/h1-30H. The van der Waals surface area contributed by atoms with Gasteiger partial charge in [0.05, 0.1) is 11.0 Å². The molecule has 0 amide bonds. The summed E-state index contributed by atoms with van der Waals surface area (Å²) in [5.74, 6) is 0. The second-order valence-electron chi connectivity index (χ2n) is 14.6. The molecule has 9 aromatic rings. The lowest BCUT2D eigenvalue weighted by Gasteiger charge is -2.49. The van der Waals surface area contributed by atoms with Gasteiger partial charge in [-0.2, -0.15) is 0 Å². The maximum Gasteiger partial charge on any atom is 0.243 e. The van der Waals surface area contributed by atoms with Crippen molar-refractivity contribution in [3.8, 4) is 5.69 Å². The van der Waals surface area contributed by atoms with E-state index in [1.165, 1.54) is 79.9 Å². The van der Waals surface area contributed by atoms with E-state index in [9.17, 15) is 0 Å². The van der Waals surface area contributed by atoms with Gasteiger partial charge in [-0.05, 0) is 57.1 Å². The molecular formula is C47H30B2N2SSi. The topological polar surface area (TPSA) is 17.8 Å². The summed E-state index contributed by atoms with van der Waals surface area (Å²) in [5, 5.41) is 8.65. The lowest BCUT2D eigenvalue weighted by molar-refractivity contribution is 1.16. The average molecular weight is 705 g/mol. The molecule has 53 heavy (non-hydrogen) atoms. The molecule has 2 nitrogen and oxygen atoms in total. The zero-order chi connectivity index (χ0) is 34.7. The summed E-state index contributed by atoms with van der Waals surface area (Å²) in [6.45, 7) is 0.316. The molecule has 0 fully saturated rings. The van der Waals surface area contributed by atoms with E-state index in [4.69, 9.17) is 0 Å². The molecule has 0 bridgehead atoms. The molecule has 2 aromatic heterocycles.